The van der Waals surface area contributed by atoms with Crippen LogP contribution in [0.5, 0.6) is 0 Å². The van der Waals surface area contributed by atoms with Crippen LogP contribution in [0, 0.1) is 3.57 Å². The molecule has 3 aromatic rings. The molecule has 0 radical (unpaired) electrons. The van der Waals surface area contributed by atoms with Gasteiger partial charge in [0.25, 0.3) is 11.8 Å². The molecule has 4 rings (SSSR count). The van der Waals surface area contributed by atoms with Crippen LogP contribution in [0.25, 0.3) is 0 Å². The van der Waals surface area contributed by atoms with Crippen LogP contribution in [-0.2, 0) is 9.59 Å². The Morgan fingerprint density at radius 2 is 1.76 bits per heavy atom. The van der Waals surface area contributed by atoms with E-state index in [1.165, 1.54) is 9.80 Å². The lowest BCUT2D eigenvalue weighted by atomic mass is 9.98. The first-order valence-corrected chi connectivity index (χ1v) is 13.9. The lowest BCUT2D eigenvalue weighted by Crippen LogP contribution is -2.50. The zero-order chi connectivity index (χ0) is 27.7. The number of halogens is 3. The number of carboxylic acid groups (broad SMARTS) is 1. The molecule has 3 N–H and O–H groups in total. The summed E-state index contributed by atoms with van der Waals surface area (Å²) in [4.78, 5) is 44.1. The molecule has 0 fully saturated rings. The fraction of sp³-hybridized carbons (Fsp3) is 0.250. The number of hydrogen-bond acceptors (Lipinski definition) is 4. The number of aliphatic carboxylic acids is 1. The van der Waals surface area contributed by atoms with Gasteiger partial charge < -0.3 is 15.7 Å². The Morgan fingerprint density at radius 1 is 1.08 bits per heavy atom. The number of benzene rings is 3. The van der Waals surface area contributed by atoms with Gasteiger partial charge in [-0.3, -0.25) is 14.5 Å². The third kappa shape index (κ3) is 5.34. The van der Waals surface area contributed by atoms with Crippen LogP contribution in [-0.4, -0.2) is 33.8 Å². The molecule has 0 aromatic heterocycles. The molecule has 38 heavy (non-hydrogen) atoms. The first-order valence-electron chi connectivity index (χ1n) is 12.0. The van der Waals surface area contributed by atoms with Gasteiger partial charge in [0.15, 0.2) is 0 Å². The zero-order valence-electron chi connectivity index (χ0n) is 20.7. The van der Waals surface area contributed by atoms with Crippen molar-refractivity contribution in [3.8, 4) is 0 Å². The number of carbonyl (C=O) groups is 3. The Kier molecular flexibility index (Phi) is 8.54. The van der Waals surface area contributed by atoms with Crippen molar-refractivity contribution < 1.29 is 19.5 Å². The zero-order valence-corrected chi connectivity index (χ0v) is 24.4. The van der Waals surface area contributed by atoms with Crippen LogP contribution in [0.2, 0.25) is 10.0 Å². The van der Waals surface area contributed by atoms with E-state index in [1.807, 2.05) is 6.92 Å². The van der Waals surface area contributed by atoms with E-state index in [4.69, 9.17) is 28.9 Å². The monoisotopic (exact) mass is 665 g/mol. The van der Waals surface area contributed by atoms with Gasteiger partial charge in [-0.15, -0.1) is 0 Å². The van der Waals surface area contributed by atoms with E-state index in [-0.39, 0.29) is 17.7 Å². The van der Waals surface area contributed by atoms with Gasteiger partial charge in [-0.2, -0.15) is 0 Å². The summed E-state index contributed by atoms with van der Waals surface area (Å²) in [6.45, 7) is 3.66. The smallest absolute Gasteiger partial charge is 0.326 e. The average molecular weight is 666 g/mol. The first-order chi connectivity index (χ1) is 18.0. The summed E-state index contributed by atoms with van der Waals surface area (Å²) in [5.41, 5.74) is 8.12. The van der Waals surface area contributed by atoms with Crippen molar-refractivity contribution >= 4 is 75.0 Å². The molecular weight excluding hydrogens is 640 g/mol. The quantitative estimate of drug-likeness (QED) is 0.215. The second-order valence-electron chi connectivity index (χ2n) is 9.14. The Bertz CT molecular complexity index is 1400. The van der Waals surface area contributed by atoms with Crippen LogP contribution >= 0.6 is 45.8 Å². The summed E-state index contributed by atoms with van der Waals surface area (Å²) >= 11 is 14.4. The van der Waals surface area contributed by atoms with Crippen molar-refractivity contribution in [1.29, 1.82) is 0 Å². The number of anilines is 2. The normalized spacial score (nSPS) is 17.1. The van der Waals surface area contributed by atoms with Gasteiger partial charge in [-0.25, -0.2) is 4.79 Å². The number of nitrogen functional groups attached to an aromatic ring is 1. The number of amides is 2. The Hall–Kier alpha value is -2.82. The molecule has 1 aliphatic heterocycles. The summed E-state index contributed by atoms with van der Waals surface area (Å²) in [5, 5.41) is 11.0. The lowest BCUT2D eigenvalue weighted by Gasteiger charge is -2.37. The number of carbonyl (C=O) groups excluding carboxylic acids is 2. The molecule has 0 saturated carbocycles. The highest BCUT2D eigenvalue weighted by molar-refractivity contribution is 14.1. The molecule has 198 valence electrons. The van der Waals surface area contributed by atoms with Crippen molar-refractivity contribution in [2.75, 3.05) is 10.6 Å². The predicted octanol–water partition coefficient (Wildman–Crippen LogP) is 6.72. The standard InChI is InChI=1S/C28H26Cl2IN3O4/c1-3-4-24(28(37)38)34-23-12-10-19(31)14-20(23)26(35)33(15(2)17-7-11-21(30)22(32)13-17)25(27(34)36)16-5-8-18(29)9-6-16/h5-15,24-25H,3-4,32H2,1-2H3,(H,37,38)/t15?,24-,25?/m0/s1. The van der Waals surface area contributed by atoms with Gasteiger partial charge in [0.1, 0.15) is 12.1 Å². The number of hydrogen-bond donors (Lipinski definition) is 2. The van der Waals surface area contributed by atoms with Crippen molar-refractivity contribution in [2.24, 2.45) is 0 Å². The number of rotatable bonds is 7. The molecule has 3 aromatic carbocycles. The molecule has 1 aliphatic rings. The van der Waals surface area contributed by atoms with Gasteiger partial charge in [-0.1, -0.05) is 54.7 Å². The molecule has 0 bridgehead atoms. The van der Waals surface area contributed by atoms with E-state index in [1.54, 1.807) is 67.6 Å². The fourth-order valence-corrected chi connectivity index (χ4v) is 5.54. The van der Waals surface area contributed by atoms with Crippen LogP contribution in [0.4, 0.5) is 11.4 Å². The molecule has 2 amide bonds. The van der Waals surface area contributed by atoms with E-state index in [9.17, 15) is 19.5 Å². The summed E-state index contributed by atoms with van der Waals surface area (Å²) < 4.78 is 0.776. The molecule has 1 heterocycles. The molecule has 0 aliphatic carbocycles. The summed E-state index contributed by atoms with van der Waals surface area (Å²) in [6, 6.07) is 13.9. The second-order valence-corrected chi connectivity index (χ2v) is 11.2. The summed E-state index contributed by atoms with van der Waals surface area (Å²) in [7, 11) is 0. The van der Waals surface area contributed by atoms with Crippen molar-refractivity contribution in [2.45, 2.75) is 44.8 Å². The maximum Gasteiger partial charge on any atom is 0.326 e. The molecule has 0 spiro atoms. The molecule has 7 nitrogen and oxygen atoms in total. The summed E-state index contributed by atoms with van der Waals surface area (Å²) in [5.74, 6) is -2.06. The minimum Gasteiger partial charge on any atom is -0.480 e. The average Bonchev–Trinajstić information content (AvgIpc) is 2.97. The topological polar surface area (TPSA) is 104 Å². The number of nitrogens with zero attached hydrogens (tertiary/aromatic N) is 2. The highest BCUT2D eigenvalue weighted by atomic mass is 127. The molecule has 10 heteroatoms. The maximum atomic E-state index is 14.5. The lowest BCUT2D eigenvalue weighted by molar-refractivity contribution is -0.141. The van der Waals surface area contributed by atoms with Crippen LogP contribution in [0.1, 0.15) is 60.3 Å². The van der Waals surface area contributed by atoms with Gasteiger partial charge in [0, 0.05) is 8.59 Å². The Labute approximate surface area is 244 Å². The van der Waals surface area contributed by atoms with E-state index >= 15 is 0 Å². The number of nitrogens with two attached hydrogens (primary N) is 1. The maximum absolute atomic E-state index is 14.5. The van der Waals surface area contributed by atoms with E-state index in [2.05, 4.69) is 22.6 Å². The van der Waals surface area contributed by atoms with Crippen molar-refractivity contribution in [3.05, 3.63) is 91.0 Å². The number of carboxylic acids is 1. The third-order valence-corrected chi connectivity index (χ3v) is 7.96. The largest absolute Gasteiger partial charge is 0.480 e. The van der Waals surface area contributed by atoms with Crippen LogP contribution in [0.15, 0.2) is 60.7 Å². The molecule has 0 saturated heterocycles. The summed E-state index contributed by atoms with van der Waals surface area (Å²) in [6.07, 6.45) is 0.751. The van der Waals surface area contributed by atoms with E-state index < -0.39 is 35.9 Å². The molecular formula is C28H26Cl2IN3O4. The predicted molar refractivity (Wildman–Crippen MR) is 158 cm³/mol. The third-order valence-electron chi connectivity index (χ3n) is 6.70. The van der Waals surface area contributed by atoms with Crippen LogP contribution in [0.3, 0.4) is 0 Å². The van der Waals surface area contributed by atoms with Gasteiger partial charge in [-0.05, 0) is 89.5 Å². The van der Waals surface area contributed by atoms with Crippen molar-refractivity contribution in [1.82, 2.24) is 4.90 Å². The van der Waals surface area contributed by atoms with E-state index in [0.29, 0.717) is 33.3 Å². The Balaban J connectivity index is 2.00. The van der Waals surface area contributed by atoms with Crippen LogP contribution < -0.4 is 10.6 Å². The SMILES string of the molecule is CCC[C@@H](C(=O)O)N1C(=O)C(c2ccc(Cl)cc2)N(C(C)c2ccc(Cl)c(N)c2)C(=O)c2cc(I)ccc21. The van der Waals surface area contributed by atoms with Crippen molar-refractivity contribution in [3.63, 3.8) is 0 Å². The van der Waals surface area contributed by atoms with E-state index in [0.717, 1.165) is 3.57 Å². The Morgan fingerprint density at radius 3 is 2.37 bits per heavy atom. The molecule has 2 unspecified atom stereocenters. The van der Waals surface area contributed by atoms with Gasteiger partial charge in [0.2, 0.25) is 0 Å². The number of fused-ring (bicyclic) bond motifs is 1. The minimum absolute atomic E-state index is 0.220. The molecule has 3 atom stereocenters. The highest BCUT2D eigenvalue weighted by Crippen LogP contribution is 2.42. The highest BCUT2D eigenvalue weighted by Gasteiger charge is 2.46. The first kappa shape index (κ1) is 28.2. The van der Waals surface area contributed by atoms with Gasteiger partial charge >= 0.3 is 5.97 Å². The fourth-order valence-electron chi connectivity index (χ4n) is 4.80. The van der Waals surface area contributed by atoms with Gasteiger partial charge in [0.05, 0.1) is 28.0 Å². The minimum atomic E-state index is -1.16. The second kappa shape index (κ2) is 11.5.